The minimum atomic E-state index is -0.877. The van der Waals surface area contributed by atoms with Crippen molar-refractivity contribution in [3.63, 3.8) is 0 Å². The van der Waals surface area contributed by atoms with E-state index in [0.717, 1.165) is 12.8 Å². The Morgan fingerprint density at radius 2 is 1.60 bits per heavy atom. The van der Waals surface area contributed by atoms with Crippen LogP contribution in [-0.2, 0) is 23.9 Å². The highest BCUT2D eigenvalue weighted by Gasteiger charge is 2.44. The first-order valence-corrected chi connectivity index (χ1v) is 10.0. The van der Waals surface area contributed by atoms with E-state index in [0.29, 0.717) is 24.1 Å². The lowest BCUT2D eigenvalue weighted by molar-refractivity contribution is -0.160. The number of rotatable bonds is 7. The minimum Gasteiger partial charge on any atom is -0.465 e. The van der Waals surface area contributed by atoms with Crippen LogP contribution in [0.3, 0.4) is 0 Å². The summed E-state index contributed by atoms with van der Waals surface area (Å²) in [4.78, 5) is 48.7. The van der Waals surface area contributed by atoms with Gasteiger partial charge in [0.1, 0.15) is 0 Å². The monoisotopic (exact) mass is 418 g/mol. The largest absolute Gasteiger partial charge is 0.465 e. The number of carbonyl (C=O) groups excluding carboxylic acids is 4. The molecule has 1 aliphatic carbocycles. The molecule has 1 saturated carbocycles. The molecule has 30 heavy (non-hydrogen) atoms. The highest BCUT2D eigenvalue weighted by Crippen LogP contribution is 2.42. The molecule has 2 N–H and O–H groups in total. The second-order valence-electron chi connectivity index (χ2n) is 8.66. The maximum Gasteiger partial charge on any atom is 0.337 e. The Labute approximate surface area is 176 Å². The van der Waals surface area contributed by atoms with Gasteiger partial charge in [0.05, 0.1) is 18.1 Å². The summed E-state index contributed by atoms with van der Waals surface area (Å²) in [7, 11) is 1.29. The molecule has 1 aromatic carbocycles. The molecule has 0 heterocycles. The second kappa shape index (κ2) is 9.73. The van der Waals surface area contributed by atoms with Crippen molar-refractivity contribution in [1.29, 1.82) is 0 Å². The van der Waals surface area contributed by atoms with Gasteiger partial charge in [0.15, 0.2) is 6.61 Å². The van der Waals surface area contributed by atoms with Crippen LogP contribution in [0.15, 0.2) is 24.3 Å². The Bertz CT molecular complexity index is 789. The van der Waals surface area contributed by atoms with Crippen LogP contribution in [-0.4, -0.2) is 43.0 Å². The van der Waals surface area contributed by atoms with Crippen LogP contribution in [0, 0.1) is 5.41 Å². The first kappa shape index (κ1) is 23.4. The molecule has 8 nitrogen and oxygen atoms in total. The summed E-state index contributed by atoms with van der Waals surface area (Å²) in [5.74, 6) is -1.68. The highest BCUT2D eigenvalue weighted by atomic mass is 16.5. The quantitative estimate of drug-likeness (QED) is 0.659. The molecule has 0 bridgehead atoms. The lowest BCUT2D eigenvalue weighted by Crippen LogP contribution is -2.44. The number of nitrogens with one attached hydrogen (secondary N) is 2. The molecule has 0 saturated heterocycles. The Morgan fingerprint density at radius 3 is 2.13 bits per heavy atom. The van der Waals surface area contributed by atoms with Gasteiger partial charge >= 0.3 is 11.9 Å². The number of methoxy groups -OCH3 is 1. The lowest BCUT2D eigenvalue weighted by Gasteiger charge is -2.28. The van der Waals surface area contributed by atoms with Crippen LogP contribution in [0.25, 0.3) is 0 Å². The predicted octanol–water partition coefficient (Wildman–Crippen LogP) is 2.82. The Balaban J connectivity index is 1.91. The van der Waals surface area contributed by atoms with E-state index in [9.17, 15) is 19.2 Å². The van der Waals surface area contributed by atoms with Gasteiger partial charge in [-0.05, 0) is 57.9 Å². The zero-order chi connectivity index (χ0) is 22.4. The summed E-state index contributed by atoms with van der Waals surface area (Å²) >= 11 is 0. The summed E-state index contributed by atoms with van der Waals surface area (Å²) in [6.45, 7) is 5.20. The van der Waals surface area contributed by atoms with E-state index in [1.165, 1.54) is 19.2 Å². The van der Waals surface area contributed by atoms with Crippen LogP contribution in [0.2, 0.25) is 0 Å². The van der Waals surface area contributed by atoms with Crippen molar-refractivity contribution in [1.82, 2.24) is 5.32 Å². The summed E-state index contributed by atoms with van der Waals surface area (Å²) in [6, 6.07) is 6.16. The van der Waals surface area contributed by atoms with Gasteiger partial charge in [-0.1, -0.05) is 12.8 Å². The predicted molar refractivity (Wildman–Crippen MR) is 111 cm³/mol. The number of esters is 2. The van der Waals surface area contributed by atoms with Crippen LogP contribution >= 0.6 is 0 Å². The zero-order valence-electron chi connectivity index (χ0n) is 18.0. The molecule has 164 valence electrons. The minimum absolute atomic E-state index is 0.0553. The molecule has 8 heteroatoms. The van der Waals surface area contributed by atoms with Gasteiger partial charge in [-0.15, -0.1) is 0 Å². The van der Waals surface area contributed by atoms with Gasteiger partial charge < -0.3 is 20.1 Å². The summed E-state index contributed by atoms with van der Waals surface area (Å²) in [5, 5.41) is 5.49. The van der Waals surface area contributed by atoms with E-state index in [2.05, 4.69) is 15.4 Å². The number of anilines is 1. The maximum atomic E-state index is 12.7. The van der Waals surface area contributed by atoms with Crippen molar-refractivity contribution >= 4 is 29.4 Å². The molecule has 1 aliphatic rings. The standard InChI is InChI=1S/C22H30N2O6/c1-21(2,3)24-17(25)13-22(11-5-6-12-22)20(28)30-14-18(26)23-16-9-7-15(8-10-16)19(27)29-4/h7-10H,5-6,11-14H2,1-4H3,(H,23,26)(H,24,25). The zero-order valence-corrected chi connectivity index (χ0v) is 18.0. The normalized spacial score (nSPS) is 15.2. The van der Waals surface area contributed by atoms with Crippen molar-refractivity contribution in [3.8, 4) is 0 Å². The summed E-state index contributed by atoms with van der Waals surface area (Å²) < 4.78 is 9.89. The molecule has 0 atom stereocenters. The fraction of sp³-hybridized carbons (Fsp3) is 0.545. The molecular weight excluding hydrogens is 388 g/mol. The number of hydrogen-bond donors (Lipinski definition) is 2. The third kappa shape index (κ3) is 6.57. The van der Waals surface area contributed by atoms with Crippen molar-refractivity contribution in [2.45, 2.75) is 58.4 Å². The summed E-state index contributed by atoms with van der Waals surface area (Å²) in [6.07, 6.45) is 2.88. The third-order valence-electron chi connectivity index (χ3n) is 4.93. The molecular formula is C22H30N2O6. The van der Waals surface area contributed by atoms with Crippen LogP contribution in [0.4, 0.5) is 5.69 Å². The number of amides is 2. The fourth-order valence-corrected chi connectivity index (χ4v) is 3.56. The number of hydrogen-bond acceptors (Lipinski definition) is 6. The average Bonchev–Trinajstić information content (AvgIpc) is 3.14. The van der Waals surface area contributed by atoms with E-state index < -0.39 is 29.9 Å². The van der Waals surface area contributed by atoms with Gasteiger partial charge in [-0.25, -0.2) is 4.79 Å². The van der Waals surface area contributed by atoms with Crippen molar-refractivity contribution in [3.05, 3.63) is 29.8 Å². The van der Waals surface area contributed by atoms with Gasteiger partial charge in [0.2, 0.25) is 5.91 Å². The summed E-state index contributed by atoms with van der Waals surface area (Å²) in [5.41, 5.74) is -0.440. The number of carbonyl (C=O) groups is 4. The molecule has 2 rings (SSSR count). The molecule has 0 aromatic heterocycles. The molecule has 2 amide bonds. The molecule has 0 aliphatic heterocycles. The molecule has 1 fully saturated rings. The van der Waals surface area contributed by atoms with Crippen LogP contribution in [0.1, 0.15) is 63.2 Å². The number of benzene rings is 1. The SMILES string of the molecule is COC(=O)c1ccc(NC(=O)COC(=O)C2(CC(=O)NC(C)(C)C)CCCC2)cc1. The Hall–Kier alpha value is -2.90. The molecule has 1 aromatic rings. The van der Waals surface area contributed by atoms with Crippen molar-refractivity contribution in [2.24, 2.45) is 5.41 Å². The average molecular weight is 418 g/mol. The van der Waals surface area contributed by atoms with Gasteiger partial charge in [-0.3, -0.25) is 14.4 Å². The smallest absolute Gasteiger partial charge is 0.337 e. The van der Waals surface area contributed by atoms with Crippen molar-refractivity contribution < 1.29 is 28.7 Å². The van der Waals surface area contributed by atoms with E-state index >= 15 is 0 Å². The fourth-order valence-electron chi connectivity index (χ4n) is 3.56. The number of ether oxygens (including phenoxy) is 2. The first-order valence-electron chi connectivity index (χ1n) is 10.0. The topological polar surface area (TPSA) is 111 Å². The van der Waals surface area contributed by atoms with E-state index in [-0.39, 0.29) is 17.9 Å². The maximum absolute atomic E-state index is 12.7. The molecule has 0 unspecified atom stereocenters. The van der Waals surface area contributed by atoms with Gasteiger partial charge in [-0.2, -0.15) is 0 Å². The van der Waals surface area contributed by atoms with Gasteiger partial charge in [0, 0.05) is 17.6 Å². The van der Waals surface area contributed by atoms with E-state index in [1.807, 2.05) is 20.8 Å². The first-order chi connectivity index (χ1) is 14.0. The second-order valence-corrected chi connectivity index (χ2v) is 8.66. The van der Waals surface area contributed by atoms with Crippen LogP contribution in [0.5, 0.6) is 0 Å². The van der Waals surface area contributed by atoms with E-state index in [1.54, 1.807) is 12.1 Å². The Morgan fingerprint density at radius 1 is 1.00 bits per heavy atom. The molecule has 0 spiro atoms. The highest BCUT2D eigenvalue weighted by molar-refractivity contribution is 5.95. The Kier molecular flexibility index (Phi) is 7.59. The third-order valence-corrected chi connectivity index (χ3v) is 4.93. The van der Waals surface area contributed by atoms with Gasteiger partial charge in [0.25, 0.3) is 5.91 Å². The van der Waals surface area contributed by atoms with Crippen LogP contribution < -0.4 is 10.6 Å². The molecule has 0 radical (unpaired) electrons. The van der Waals surface area contributed by atoms with E-state index in [4.69, 9.17) is 4.74 Å². The lowest BCUT2D eigenvalue weighted by atomic mass is 9.82. The van der Waals surface area contributed by atoms with Crippen molar-refractivity contribution in [2.75, 3.05) is 19.0 Å².